The second kappa shape index (κ2) is 8.63. The first kappa shape index (κ1) is 20.8. The van der Waals surface area contributed by atoms with Crippen molar-refractivity contribution in [1.82, 2.24) is 4.90 Å². The molecule has 0 aromatic heterocycles. The van der Waals surface area contributed by atoms with E-state index in [0.717, 1.165) is 5.56 Å². The van der Waals surface area contributed by atoms with Crippen LogP contribution >= 0.6 is 0 Å². The van der Waals surface area contributed by atoms with Gasteiger partial charge in [-0.15, -0.1) is 0 Å². The number of aromatic carboxylic acids is 1. The van der Waals surface area contributed by atoms with Gasteiger partial charge in [-0.25, -0.2) is 4.79 Å². The fraction of sp³-hybridized carbons (Fsp3) is 0.364. The molecule has 3 rings (SSSR count). The number of nitrogens with zero attached hydrogens (tertiary/aromatic N) is 1. The highest BCUT2D eigenvalue weighted by Gasteiger charge is 2.49. The number of carboxylic acids is 2. The highest BCUT2D eigenvalue weighted by atomic mass is 16.5. The van der Waals surface area contributed by atoms with Gasteiger partial charge in [0.25, 0.3) is 0 Å². The van der Waals surface area contributed by atoms with E-state index in [0.29, 0.717) is 30.8 Å². The van der Waals surface area contributed by atoms with Crippen molar-refractivity contribution in [1.29, 1.82) is 0 Å². The number of likely N-dealkylation sites (tertiary alicyclic amines) is 1. The minimum atomic E-state index is -1.34. The summed E-state index contributed by atoms with van der Waals surface area (Å²) >= 11 is 0. The number of benzene rings is 2. The second-order valence-corrected chi connectivity index (χ2v) is 7.47. The number of hydrogen-bond acceptors (Lipinski definition) is 5. The molecular formula is C22H25NO6. The molecule has 154 valence electrons. The van der Waals surface area contributed by atoms with Crippen LogP contribution < -0.4 is 4.74 Å². The molecule has 0 amide bonds. The maximum Gasteiger partial charge on any atom is 0.335 e. The molecule has 2 aromatic carbocycles. The molecule has 3 N–H and O–H groups in total. The molecule has 7 nitrogen and oxygen atoms in total. The van der Waals surface area contributed by atoms with Crippen LogP contribution in [-0.4, -0.2) is 58.5 Å². The van der Waals surface area contributed by atoms with Crippen LogP contribution in [-0.2, 0) is 17.8 Å². The SMILES string of the molecule is COc1ccc(C(=O)O)cc1CN1CC[C@H](O)[C@](Cc2ccccc2)(C(=O)O)C1. The van der Waals surface area contributed by atoms with Gasteiger partial charge in [0.1, 0.15) is 11.2 Å². The molecule has 1 aliphatic rings. The number of aliphatic carboxylic acids is 1. The monoisotopic (exact) mass is 399 g/mol. The Bertz CT molecular complexity index is 884. The Morgan fingerprint density at radius 2 is 1.90 bits per heavy atom. The van der Waals surface area contributed by atoms with Gasteiger partial charge in [-0.2, -0.15) is 0 Å². The first-order valence-corrected chi connectivity index (χ1v) is 9.43. The Balaban J connectivity index is 1.88. The minimum absolute atomic E-state index is 0.145. The van der Waals surface area contributed by atoms with E-state index in [2.05, 4.69) is 0 Å². The van der Waals surface area contributed by atoms with Crippen molar-refractivity contribution in [2.75, 3.05) is 20.2 Å². The lowest BCUT2D eigenvalue weighted by atomic mass is 9.72. The summed E-state index contributed by atoms with van der Waals surface area (Å²) in [5, 5.41) is 29.9. The zero-order chi connectivity index (χ0) is 21.0. The Morgan fingerprint density at radius 3 is 2.52 bits per heavy atom. The lowest BCUT2D eigenvalue weighted by molar-refractivity contribution is -0.163. The van der Waals surface area contributed by atoms with Gasteiger partial charge < -0.3 is 20.1 Å². The molecule has 0 radical (unpaired) electrons. The van der Waals surface area contributed by atoms with Crippen molar-refractivity contribution in [3.05, 3.63) is 65.2 Å². The van der Waals surface area contributed by atoms with Gasteiger partial charge in [-0.1, -0.05) is 30.3 Å². The molecule has 0 unspecified atom stereocenters. The Labute approximate surface area is 169 Å². The number of aliphatic hydroxyl groups excluding tert-OH is 1. The van der Waals surface area contributed by atoms with Gasteiger partial charge in [0.2, 0.25) is 0 Å². The molecule has 0 aliphatic carbocycles. The van der Waals surface area contributed by atoms with Crippen LogP contribution in [0.1, 0.15) is 27.9 Å². The van der Waals surface area contributed by atoms with Crippen LogP contribution in [0.2, 0.25) is 0 Å². The van der Waals surface area contributed by atoms with Crippen molar-refractivity contribution in [2.24, 2.45) is 5.41 Å². The van der Waals surface area contributed by atoms with E-state index >= 15 is 0 Å². The van der Waals surface area contributed by atoms with E-state index in [1.165, 1.54) is 13.2 Å². The van der Waals surface area contributed by atoms with Gasteiger partial charge in [-0.05, 0) is 36.6 Å². The highest BCUT2D eigenvalue weighted by molar-refractivity contribution is 5.88. The van der Waals surface area contributed by atoms with E-state index in [1.807, 2.05) is 35.2 Å². The van der Waals surface area contributed by atoms with E-state index in [9.17, 15) is 24.9 Å². The molecule has 0 bridgehead atoms. The van der Waals surface area contributed by atoms with Crippen molar-refractivity contribution in [2.45, 2.75) is 25.5 Å². The average molecular weight is 399 g/mol. The standard InChI is InChI=1S/C22H25NO6/c1-29-18-8-7-16(20(25)26)11-17(18)13-23-10-9-19(24)22(14-23,21(27)28)12-15-5-3-2-4-6-15/h2-8,11,19,24H,9-10,12-14H2,1H3,(H,25,26)(H,27,28)/t19-,22+/m0/s1. The molecule has 0 spiro atoms. The second-order valence-electron chi connectivity index (χ2n) is 7.47. The van der Waals surface area contributed by atoms with E-state index in [-0.39, 0.29) is 18.5 Å². The molecule has 1 aliphatic heterocycles. The number of carbonyl (C=O) groups is 2. The average Bonchev–Trinajstić information content (AvgIpc) is 2.71. The van der Waals surface area contributed by atoms with Crippen molar-refractivity contribution >= 4 is 11.9 Å². The first-order valence-electron chi connectivity index (χ1n) is 9.43. The molecule has 29 heavy (non-hydrogen) atoms. The molecular weight excluding hydrogens is 374 g/mol. The third-order valence-electron chi connectivity index (χ3n) is 5.57. The third-order valence-corrected chi connectivity index (χ3v) is 5.57. The first-order chi connectivity index (χ1) is 13.9. The van der Waals surface area contributed by atoms with Crippen molar-refractivity contribution < 1.29 is 29.6 Å². The van der Waals surface area contributed by atoms with E-state index in [4.69, 9.17) is 4.74 Å². The Hall–Kier alpha value is -2.90. The number of hydrogen-bond donors (Lipinski definition) is 3. The lowest BCUT2D eigenvalue weighted by Crippen LogP contribution is -2.56. The third kappa shape index (κ3) is 4.41. The number of methoxy groups -OCH3 is 1. The largest absolute Gasteiger partial charge is 0.496 e. The predicted octanol–water partition coefficient (Wildman–Crippen LogP) is 2.27. The van der Waals surface area contributed by atoms with Crippen LogP contribution in [0.15, 0.2) is 48.5 Å². The summed E-state index contributed by atoms with van der Waals surface area (Å²) < 4.78 is 5.35. The van der Waals surface area contributed by atoms with Gasteiger partial charge in [0.15, 0.2) is 0 Å². The minimum Gasteiger partial charge on any atom is -0.496 e. The maximum atomic E-state index is 12.3. The van der Waals surface area contributed by atoms with E-state index in [1.54, 1.807) is 12.1 Å². The predicted molar refractivity (Wildman–Crippen MR) is 106 cm³/mol. The Kier molecular flexibility index (Phi) is 6.20. The summed E-state index contributed by atoms with van der Waals surface area (Å²) in [6.07, 6.45) is -0.434. The van der Waals surface area contributed by atoms with Crippen LogP contribution in [0.5, 0.6) is 5.75 Å². The normalized spacial score (nSPS) is 22.2. The molecule has 1 fully saturated rings. The van der Waals surface area contributed by atoms with Crippen LogP contribution in [0.25, 0.3) is 0 Å². The topological polar surface area (TPSA) is 107 Å². The van der Waals surface area contributed by atoms with Gasteiger partial charge in [0.05, 0.1) is 18.8 Å². The number of aliphatic hydroxyl groups is 1. The van der Waals surface area contributed by atoms with Gasteiger partial charge in [0, 0.05) is 25.2 Å². The van der Waals surface area contributed by atoms with Crippen molar-refractivity contribution in [3.63, 3.8) is 0 Å². The van der Waals surface area contributed by atoms with Gasteiger partial charge >= 0.3 is 11.9 Å². The molecule has 1 saturated heterocycles. The summed E-state index contributed by atoms with van der Waals surface area (Å²) in [5.74, 6) is -1.53. The zero-order valence-electron chi connectivity index (χ0n) is 16.2. The highest BCUT2D eigenvalue weighted by Crippen LogP contribution is 2.36. The summed E-state index contributed by atoms with van der Waals surface area (Å²) in [7, 11) is 1.51. The van der Waals surface area contributed by atoms with Crippen LogP contribution in [0.4, 0.5) is 0 Å². The van der Waals surface area contributed by atoms with Gasteiger partial charge in [-0.3, -0.25) is 9.69 Å². The molecule has 7 heteroatoms. The number of carboxylic acid groups (broad SMARTS) is 2. The quantitative estimate of drug-likeness (QED) is 0.656. The van der Waals surface area contributed by atoms with Crippen molar-refractivity contribution in [3.8, 4) is 5.75 Å². The summed E-state index contributed by atoms with van der Waals surface area (Å²) in [6.45, 7) is 0.991. The zero-order valence-corrected chi connectivity index (χ0v) is 16.2. The Morgan fingerprint density at radius 1 is 1.17 bits per heavy atom. The summed E-state index contributed by atoms with van der Waals surface area (Å²) in [5.41, 5.74) is 0.327. The summed E-state index contributed by atoms with van der Waals surface area (Å²) in [4.78, 5) is 25.5. The molecule has 2 atom stereocenters. The number of ether oxygens (including phenoxy) is 1. The molecule has 2 aromatic rings. The number of piperidine rings is 1. The maximum absolute atomic E-state index is 12.3. The summed E-state index contributed by atoms with van der Waals surface area (Å²) in [6, 6.07) is 13.9. The lowest BCUT2D eigenvalue weighted by Gasteiger charge is -2.43. The molecule has 1 heterocycles. The van der Waals surface area contributed by atoms with Crippen LogP contribution in [0.3, 0.4) is 0 Å². The fourth-order valence-corrected chi connectivity index (χ4v) is 4.00. The fourth-order valence-electron chi connectivity index (χ4n) is 4.00. The van der Waals surface area contributed by atoms with Crippen LogP contribution in [0, 0.1) is 5.41 Å². The molecule has 0 saturated carbocycles. The smallest absolute Gasteiger partial charge is 0.335 e. The van der Waals surface area contributed by atoms with E-state index < -0.39 is 23.5 Å². The number of rotatable bonds is 7.